The zero-order chi connectivity index (χ0) is 12.8. The van der Waals surface area contributed by atoms with E-state index in [0.29, 0.717) is 13.1 Å². The number of alkyl halides is 1. The molecule has 18 heavy (non-hydrogen) atoms. The molecule has 0 aliphatic heterocycles. The fourth-order valence-electron chi connectivity index (χ4n) is 1.78. The quantitative estimate of drug-likeness (QED) is 0.819. The highest BCUT2D eigenvalue weighted by Gasteiger charge is 2.02. The van der Waals surface area contributed by atoms with Crippen molar-refractivity contribution in [3.63, 3.8) is 0 Å². The highest BCUT2D eigenvalue weighted by molar-refractivity contribution is 5.38. The molecule has 98 valence electrons. The van der Waals surface area contributed by atoms with Crippen LogP contribution in [0.25, 0.3) is 0 Å². The lowest BCUT2D eigenvalue weighted by Gasteiger charge is -2.07. The highest BCUT2D eigenvalue weighted by atomic mass is 19.1. The molecule has 0 aromatic carbocycles. The van der Waals surface area contributed by atoms with Crippen molar-refractivity contribution in [1.29, 1.82) is 0 Å². The highest BCUT2D eigenvalue weighted by Crippen LogP contribution is 2.08. The van der Waals surface area contributed by atoms with Gasteiger partial charge in [-0.1, -0.05) is 6.92 Å². The van der Waals surface area contributed by atoms with E-state index in [9.17, 15) is 4.39 Å². The molecule has 0 saturated carbocycles. The van der Waals surface area contributed by atoms with Crippen LogP contribution in [0.1, 0.15) is 19.0 Å². The molecule has 0 aliphatic carbocycles. The van der Waals surface area contributed by atoms with Crippen molar-refractivity contribution in [3.05, 3.63) is 30.4 Å². The lowest BCUT2D eigenvalue weighted by molar-refractivity contribution is 0.427. The molecule has 2 heterocycles. The minimum absolute atomic E-state index is 0.301. The minimum atomic E-state index is -0.398. The number of rotatable bonds is 7. The molecule has 0 spiro atoms. The van der Waals surface area contributed by atoms with Crippen molar-refractivity contribution in [2.24, 2.45) is 0 Å². The molecular formula is C12H18FN5. The molecule has 0 saturated heterocycles. The summed E-state index contributed by atoms with van der Waals surface area (Å²) in [6.45, 7) is 3.65. The zero-order valence-electron chi connectivity index (χ0n) is 10.5. The average molecular weight is 251 g/mol. The number of aromatic nitrogens is 4. The topological polar surface area (TPSA) is 47.7 Å². The van der Waals surface area contributed by atoms with Gasteiger partial charge in [-0.15, -0.1) is 0 Å². The standard InChI is InChI=1S/C12H18FN5/c1-2-6-18-12(3-5-15-18)9-14-11-8-16-17(10-11)7-4-13/h3,5,8,10,14H,2,4,6-7,9H2,1H3. The molecule has 0 radical (unpaired) electrons. The van der Waals surface area contributed by atoms with Crippen molar-refractivity contribution >= 4 is 5.69 Å². The van der Waals surface area contributed by atoms with Crippen molar-refractivity contribution in [2.45, 2.75) is 33.0 Å². The molecule has 2 aromatic heterocycles. The molecule has 6 heteroatoms. The molecule has 2 rings (SSSR count). The van der Waals surface area contributed by atoms with E-state index in [1.54, 1.807) is 23.3 Å². The van der Waals surface area contributed by atoms with E-state index in [1.807, 2.05) is 10.7 Å². The summed E-state index contributed by atoms with van der Waals surface area (Å²) in [5.41, 5.74) is 2.03. The molecule has 0 aliphatic rings. The summed E-state index contributed by atoms with van der Waals surface area (Å²) in [6.07, 6.45) is 6.37. The number of halogens is 1. The number of anilines is 1. The normalized spacial score (nSPS) is 10.8. The van der Waals surface area contributed by atoms with Gasteiger partial charge in [0.05, 0.1) is 30.7 Å². The van der Waals surface area contributed by atoms with Crippen LogP contribution in [0.15, 0.2) is 24.7 Å². The Morgan fingerprint density at radius 2 is 2.22 bits per heavy atom. The third kappa shape index (κ3) is 3.09. The fourth-order valence-corrected chi connectivity index (χ4v) is 1.78. The van der Waals surface area contributed by atoms with Crippen LogP contribution in [0.5, 0.6) is 0 Å². The zero-order valence-corrected chi connectivity index (χ0v) is 10.5. The molecule has 0 unspecified atom stereocenters. The number of hydrogen-bond acceptors (Lipinski definition) is 3. The van der Waals surface area contributed by atoms with Crippen LogP contribution in [0.3, 0.4) is 0 Å². The molecule has 5 nitrogen and oxygen atoms in total. The first-order chi connectivity index (χ1) is 8.83. The van der Waals surface area contributed by atoms with E-state index in [2.05, 4.69) is 22.4 Å². The van der Waals surface area contributed by atoms with Crippen LogP contribution >= 0.6 is 0 Å². The Kier molecular flexibility index (Phi) is 4.33. The van der Waals surface area contributed by atoms with Gasteiger partial charge in [0.2, 0.25) is 0 Å². The van der Waals surface area contributed by atoms with Gasteiger partial charge in [-0.3, -0.25) is 9.36 Å². The Balaban J connectivity index is 1.91. The van der Waals surface area contributed by atoms with E-state index in [0.717, 1.165) is 24.3 Å². The SMILES string of the molecule is CCCn1nccc1CNc1cnn(CCF)c1. The van der Waals surface area contributed by atoms with Crippen LogP contribution in [-0.4, -0.2) is 26.2 Å². The fraction of sp³-hybridized carbons (Fsp3) is 0.500. The van der Waals surface area contributed by atoms with Gasteiger partial charge in [-0.2, -0.15) is 10.2 Å². The van der Waals surface area contributed by atoms with Crippen molar-refractivity contribution < 1.29 is 4.39 Å². The van der Waals surface area contributed by atoms with Crippen LogP contribution in [-0.2, 0) is 19.6 Å². The summed E-state index contributed by atoms with van der Waals surface area (Å²) in [6, 6.07) is 1.99. The third-order valence-corrected chi connectivity index (χ3v) is 2.66. The van der Waals surface area contributed by atoms with E-state index in [-0.39, 0.29) is 0 Å². The van der Waals surface area contributed by atoms with Crippen molar-refractivity contribution in [2.75, 3.05) is 12.0 Å². The maximum absolute atomic E-state index is 12.1. The Labute approximate surface area is 106 Å². The van der Waals surface area contributed by atoms with Crippen LogP contribution < -0.4 is 5.32 Å². The summed E-state index contributed by atoms with van der Waals surface area (Å²) in [5.74, 6) is 0. The summed E-state index contributed by atoms with van der Waals surface area (Å²) in [7, 11) is 0. The first-order valence-electron chi connectivity index (χ1n) is 6.16. The summed E-state index contributed by atoms with van der Waals surface area (Å²) < 4.78 is 15.7. The van der Waals surface area contributed by atoms with E-state index in [4.69, 9.17) is 0 Å². The molecule has 0 atom stereocenters. The van der Waals surface area contributed by atoms with Gasteiger partial charge >= 0.3 is 0 Å². The van der Waals surface area contributed by atoms with E-state index >= 15 is 0 Å². The monoisotopic (exact) mass is 251 g/mol. The second-order valence-corrected chi connectivity index (χ2v) is 4.08. The molecule has 0 amide bonds. The largest absolute Gasteiger partial charge is 0.377 e. The lowest BCUT2D eigenvalue weighted by atomic mass is 10.4. The van der Waals surface area contributed by atoms with Crippen LogP contribution in [0, 0.1) is 0 Å². The minimum Gasteiger partial charge on any atom is -0.377 e. The summed E-state index contributed by atoms with van der Waals surface area (Å²) in [5, 5.41) is 11.6. The molecule has 2 aromatic rings. The van der Waals surface area contributed by atoms with Gasteiger partial charge in [0, 0.05) is 18.9 Å². The van der Waals surface area contributed by atoms with Crippen LogP contribution in [0.4, 0.5) is 10.1 Å². The average Bonchev–Trinajstić information content (AvgIpc) is 2.97. The Morgan fingerprint density at radius 3 is 3.00 bits per heavy atom. The smallest absolute Gasteiger partial charge is 0.109 e. The Hall–Kier alpha value is -1.85. The van der Waals surface area contributed by atoms with Gasteiger partial charge in [0.15, 0.2) is 0 Å². The Bertz CT molecular complexity index is 476. The van der Waals surface area contributed by atoms with Gasteiger partial charge in [0.1, 0.15) is 6.67 Å². The van der Waals surface area contributed by atoms with Gasteiger partial charge in [-0.05, 0) is 12.5 Å². The predicted molar refractivity (Wildman–Crippen MR) is 68.0 cm³/mol. The van der Waals surface area contributed by atoms with Crippen LogP contribution in [0.2, 0.25) is 0 Å². The number of aryl methyl sites for hydroxylation is 2. The number of hydrogen-bond donors (Lipinski definition) is 1. The lowest BCUT2D eigenvalue weighted by Crippen LogP contribution is -2.08. The maximum atomic E-state index is 12.1. The third-order valence-electron chi connectivity index (χ3n) is 2.66. The molecule has 0 bridgehead atoms. The first kappa shape index (κ1) is 12.6. The molecule has 1 N–H and O–H groups in total. The molecule has 0 fully saturated rings. The Morgan fingerprint density at radius 1 is 1.33 bits per heavy atom. The first-order valence-corrected chi connectivity index (χ1v) is 6.16. The second kappa shape index (κ2) is 6.18. The number of nitrogens with zero attached hydrogens (tertiary/aromatic N) is 4. The summed E-state index contributed by atoms with van der Waals surface area (Å²) >= 11 is 0. The van der Waals surface area contributed by atoms with Gasteiger partial charge in [0.25, 0.3) is 0 Å². The van der Waals surface area contributed by atoms with E-state index in [1.165, 1.54) is 0 Å². The van der Waals surface area contributed by atoms with Gasteiger partial charge in [-0.25, -0.2) is 4.39 Å². The van der Waals surface area contributed by atoms with Crippen molar-refractivity contribution in [1.82, 2.24) is 19.6 Å². The van der Waals surface area contributed by atoms with Crippen molar-refractivity contribution in [3.8, 4) is 0 Å². The van der Waals surface area contributed by atoms with E-state index < -0.39 is 6.67 Å². The number of nitrogens with one attached hydrogen (secondary N) is 1. The summed E-state index contributed by atoms with van der Waals surface area (Å²) in [4.78, 5) is 0. The van der Waals surface area contributed by atoms with Gasteiger partial charge < -0.3 is 5.32 Å². The maximum Gasteiger partial charge on any atom is 0.109 e. The predicted octanol–water partition coefficient (Wildman–Crippen LogP) is 2.07. The molecular weight excluding hydrogens is 233 g/mol. The second-order valence-electron chi connectivity index (χ2n) is 4.08.